The molecule has 1 aromatic rings. The average molecular weight is 260 g/mol. The fraction of sp³-hybridized carbons (Fsp3) is 0.688. The molecule has 2 aliphatic rings. The van der Waals surface area contributed by atoms with Gasteiger partial charge in [-0.3, -0.25) is 4.79 Å². The van der Waals surface area contributed by atoms with Gasteiger partial charge in [0.1, 0.15) is 0 Å². The molecule has 0 radical (unpaired) electrons. The molecule has 1 spiro atoms. The Morgan fingerprint density at radius 3 is 2.47 bits per heavy atom. The Balaban J connectivity index is 1.59. The number of nitrogens with zero attached hydrogens (tertiary/aromatic N) is 1. The zero-order chi connectivity index (χ0) is 13.3. The molecule has 0 atom stereocenters. The highest BCUT2D eigenvalue weighted by Crippen LogP contribution is 2.49. The first-order chi connectivity index (χ1) is 9.17. The van der Waals surface area contributed by atoms with Crippen molar-refractivity contribution in [2.75, 3.05) is 5.32 Å². The molecule has 1 aromatic heterocycles. The maximum Gasteiger partial charge on any atom is 0.250 e. The molecule has 0 saturated heterocycles. The second-order valence-electron chi connectivity index (χ2n) is 6.49. The minimum Gasteiger partial charge on any atom is -0.381 e. The van der Waals surface area contributed by atoms with E-state index in [4.69, 9.17) is 0 Å². The molecule has 0 bridgehead atoms. The van der Waals surface area contributed by atoms with Crippen LogP contribution in [0.5, 0.6) is 0 Å². The molecule has 0 aromatic carbocycles. The van der Waals surface area contributed by atoms with Crippen molar-refractivity contribution in [3.8, 4) is 0 Å². The maximum atomic E-state index is 11.4. The standard InChI is InChI=1S/C16H24N2O/c1-18-12-14(4-5-15(18)19)17-13-6-10-16(11-7-13)8-2-3-9-16/h4-5,12-13,17H,2-3,6-11H2,1H3. The van der Waals surface area contributed by atoms with E-state index in [1.165, 1.54) is 51.4 Å². The van der Waals surface area contributed by atoms with Crippen LogP contribution in [0.4, 0.5) is 5.69 Å². The van der Waals surface area contributed by atoms with Crippen molar-refractivity contribution in [2.24, 2.45) is 12.5 Å². The lowest BCUT2D eigenvalue weighted by Crippen LogP contribution is -2.32. The van der Waals surface area contributed by atoms with E-state index in [9.17, 15) is 4.79 Å². The molecule has 3 rings (SSSR count). The van der Waals surface area contributed by atoms with E-state index in [0.717, 1.165) is 5.69 Å². The summed E-state index contributed by atoms with van der Waals surface area (Å²) < 4.78 is 1.64. The first-order valence-electron chi connectivity index (χ1n) is 7.60. The van der Waals surface area contributed by atoms with Gasteiger partial charge < -0.3 is 9.88 Å². The van der Waals surface area contributed by atoms with Crippen LogP contribution >= 0.6 is 0 Å². The molecule has 104 valence electrons. The van der Waals surface area contributed by atoms with Crippen LogP contribution in [0.3, 0.4) is 0 Å². The van der Waals surface area contributed by atoms with E-state index in [2.05, 4.69) is 5.32 Å². The third-order valence-electron chi connectivity index (χ3n) is 5.17. The molecule has 2 saturated carbocycles. The van der Waals surface area contributed by atoms with E-state index in [-0.39, 0.29) is 5.56 Å². The van der Waals surface area contributed by atoms with Crippen LogP contribution in [0.2, 0.25) is 0 Å². The molecule has 3 nitrogen and oxygen atoms in total. The predicted molar refractivity (Wildman–Crippen MR) is 78.5 cm³/mol. The maximum absolute atomic E-state index is 11.4. The monoisotopic (exact) mass is 260 g/mol. The fourth-order valence-corrected chi connectivity index (χ4v) is 3.91. The van der Waals surface area contributed by atoms with E-state index < -0.39 is 0 Å². The van der Waals surface area contributed by atoms with Gasteiger partial charge in [0, 0.05) is 25.4 Å². The molecule has 3 heteroatoms. The third kappa shape index (κ3) is 2.70. The smallest absolute Gasteiger partial charge is 0.250 e. The fourth-order valence-electron chi connectivity index (χ4n) is 3.91. The quantitative estimate of drug-likeness (QED) is 0.885. The van der Waals surface area contributed by atoms with Crippen LogP contribution in [-0.4, -0.2) is 10.6 Å². The molecule has 2 aliphatic carbocycles. The first-order valence-corrected chi connectivity index (χ1v) is 7.60. The van der Waals surface area contributed by atoms with E-state index >= 15 is 0 Å². The number of aromatic nitrogens is 1. The summed E-state index contributed by atoms with van der Waals surface area (Å²) in [6.45, 7) is 0. The average Bonchev–Trinajstić information content (AvgIpc) is 2.86. The van der Waals surface area contributed by atoms with Gasteiger partial charge >= 0.3 is 0 Å². The number of nitrogens with one attached hydrogen (secondary N) is 1. The molecule has 1 heterocycles. The van der Waals surface area contributed by atoms with Crippen molar-refractivity contribution in [3.63, 3.8) is 0 Å². The number of hydrogen-bond acceptors (Lipinski definition) is 2. The lowest BCUT2D eigenvalue weighted by Gasteiger charge is -2.37. The number of pyridine rings is 1. The summed E-state index contributed by atoms with van der Waals surface area (Å²) in [5.74, 6) is 0. The third-order valence-corrected chi connectivity index (χ3v) is 5.17. The summed E-state index contributed by atoms with van der Waals surface area (Å²) >= 11 is 0. The summed E-state index contributed by atoms with van der Waals surface area (Å²) in [5.41, 5.74) is 1.83. The topological polar surface area (TPSA) is 34.0 Å². The summed E-state index contributed by atoms with van der Waals surface area (Å²) in [5, 5.41) is 3.60. The van der Waals surface area contributed by atoms with Crippen molar-refractivity contribution in [1.82, 2.24) is 4.57 Å². The van der Waals surface area contributed by atoms with Crippen LogP contribution in [0, 0.1) is 5.41 Å². The van der Waals surface area contributed by atoms with Crippen LogP contribution in [0.25, 0.3) is 0 Å². The second kappa shape index (κ2) is 5.03. The van der Waals surface area contributed by atoms with Crippen LogP contribution in [-0.2, 0) is 7.05 Å². The second-order valence-corrected chi connectivity index (χ2v) is 6.49. The van der Waals surface area contributed by atoms with Crippen molar-refractivity contribution in [3.05, 3.63) is 28.7 Å². The minimum atomic E-state index is 0.0547. The van der Waals surface area contributed by atoms with E-state index in [1.807, 2.05) is 19.3 Å². The van der Waals surface area contributed by atoms with Crippen molar-refractivity contribution >= 4 is 5.69 Å². The Morgan fingerprint density at radius 1 is 1.16 bits per heavy atom. The Morgan fingerprint density at radius 2 is 1.84 bits per heavy atom. The molecule has 19 heavy (non-hydrogen) atoms. The molecule has 1 N–H and O–H groups in total. The Bertz CT molecular complexity index is 490. The zero-order valence-electron chi connectivity index (χ0n) is 11.8. The number of anilines is 1. The van der Waals surface area contributed by atoms with Gasteiger partial charge in [-0.05, 0) is 50.0 Å². The normalized spacial score (nSPS) is 22.8. The highest BCUT2D eigenvalue weighted by atomic mass is 16.1. The molecule has 0 amide bonds. The summed E-state index contributed by atoms with van der Waals surface area (Å²) in [6.07, 6.45) is 13.0. The van der Waals surface area contributed by atoms with Crippen molar-refractivity contribution in [2.45, 2.75) is 57.4 Å². The summed E-state index contributed by atoms with van der Waals surface area (Å²) in [7, 11) is 1.81. The van der Waals surface area contributed by atoms with Gasteiger partial charge in [-0.2, -0.15) is 0 Å². The molecule has 2 fully saturated rings. The van der Waals surface area contributed by atoms with E-state index in [0.29, 0.717) is 11.5 Å². The van der Waals surface area contributed by atoms with Crippen LogP contribution in [0.1, 0.15) is 51.4 Å². The minimum absolute atomic E-state index is 0.0547. The van der Waals surface area contributed by atoms with Gasteiger partial charge in [0.05, 0.1) is 5.69 Å². The lowest BCUT2D eigenvalue weighted by molar-refractivity contribution is 0.188. The summed E-state index contributed by atoms with van der Waals surface area (Å²) in [4.78, 5) is 11.4. The van der Waals surface area contributed by atoms with Gasteiger partial charge in [0.15, 0.2) is 0 Å². The molecule has 0 unspecified atom stereocenters. The highest BCUT2D eigenvalue weighted by Gasteiger charge is 2.37. The number of rotatable bonds is 2. The van der Waals surface area contributed by atoms with Crippen LogP contribution < -0.4 is 10.9 Å². The lowest BCUT2D eigenvalue weighted by atomic mass is 9.71. The molecule has 0 aliphatic heterocycles. The SMILES string of the molecule is Cn1cc(NC2CCC3(CCCC3)CC2)ccc1=O. The van der Waals surface area contributed by atoms with Crippen LogP contribution in [0.15, 0.2) is 23.1 Å². The summed E-state index contributed by atoms with van der Waals surface area (Å²) in [6, 6.07) is 4.13. The first kappa shape index (κ1) is 12.8. The van der Waals surface area contributed by atoms with Gasteiger partial charge in [-0.1, -0.05) is 12.8 Å². The predicted octanol–water partition coefficient (Wildman–Crippen LogP) is 3.30. The van der Waals surface area contributed by atoms with Gasteiger partial charge in [-0.25, -0.2) is 0 Å². The van der Waals surface area contributed by atoms with Crippen molar-refractivity contribution in [1.29, 1.82) is 0 Å². The number of aryl methyl sites for hydroxylation is 1. The Kier molecular flexibility index (Phi) is 3.38. The van der Waals surface area contributed by atoms with E-state index in [1.54, 1.807) is 10.6 Å². The largest absolute Gasteiger partial charge is 0.381 e. The molecular weight excluding hydrogens is 236 g/mol. The highest BCUT2D eigenvalue weighted by molar-refractivity contribution is 5.41. The number of hydrogen-bond donors (Lipinski definition) is 1. The zero-order valence-corrected chi connectivity index (χ0v) is 11.8. The Labute approximate surface area is 115 Å². The van der Waals surface area contributed by atoms with Gasteiger partial charge in [0.2, 0.25) is 5.56 Å². The van der Waals surface area contributed by atoms with Gasteiger partial charge in [-0.15, -0.1) is 0 Å². The van der Waals surface area contributed by atoms with Gasteiger partial charge in [0.25, 0.3) is 0 Å². The van der Waals surface area contributed by atoms with Crippen molar-refractivity contribution < 1.29 is 0 Å². The molecular formula is C16H24N2O. The Hall–Kier alpha value is -1.25.